The lowest BCUT2D eigenvalue weighted by atomic mass is 9.93. The highest BCUT2D eigenvalue weighted by atomic mass is 16.5. The Labute approximate surface area is 135 Å². The molecular weight excluding hydrogens is 298 g/mol. The Morgan fingerprint density at radius 1 is 1.39 bits per heavy atom. The molecule has 1 N–H and O–H groups in total. The van der Waals surface area contributed by atoms with Crippen molar-refractivity contribution in [2.45, 2.75) is 38.5 Å². The first-order valence-electron chi connectivity index (χ1n) is 7.95. The van der Waals surface area contributed by atoms with Crippen LogP contribution in [0.2, 0.25) is 0 Å². The van der Waals surface area contributed by atoms with Gasteiger partial charge in [-0.05, 0) is 32.0 Å². The lowest BCUT2D eigenvalue weighted by molar-refractivity contribution is 0.171. The number of hydrogen-bond acceptors (Lipinski definition) is 7. The summed E-state index contributed by atoms with van der Waals surface area (Å²) in [5.74, 6) is 1.72. The third-order valence-electron chi connectivity index (χ3n) is 4.21. The Bertz CT molecular complexity index is 604. The van der Waals surface area contributed by atoms with E-state index >= 15 is 0 Å². The second-order valence-corrected chi connectivity index (χ2v) is 5.79. The summed E-state index contributed by atoms with van der Waals surface area (Å²) in [6.45, 7) is 3.70. The molecule has 3 heterocycles. The Morgan fingerprint density at radius 2 is 2.22 bits per heavy atom. The molecular formula is C15H23N5O3. The van der Waals surface area contributed by atoms with Gasteiger partial charge in [0.15, 0.2) is 5.82 Å². The van der Waals surface area contributed by atoms with Crippen LogP contribution in [-0.4, -0.2) is 56.7 Å². The van der Waals surface area contributed by atoms with Crippen LogP contribution in [0.4, 0.5) is 0 Å². The van der Waals surface area contributed by atoms with Gasteiger partial charge in [0.05, 0.1) is 19.7 Å². The van der Waals surface area contributed by atoms with Crippen molar-refractivity contribution in [2.75, 3.05) is 26.8 Å². The van der Waals surface area contributed by atoms with Crippen LogP contribution in [-0.2, 0) is 24.4 Å². The van der Waals surface area contributed by atoms with Gasteiger partial charge >= 0.3 is 0 Å². The summed E-state index contributed by atoms with van der Waals surface area (Å²) >= 11 is 0. The van der Waals surface area contributed by atoms with E-state index in [9.17, 15) is 0 Å². The van der Waals surface area contributed by atoms with Gasteiger partial charge in [-0.3, -0.25) is 9.58 Å². The van der Waals surface area contributed by atoms with Gasteiger partial charge in [0, 0.05) is 24.9 Å². The molecule has 1 fully saturated rings. The first kappa shape index (κ1) is 16.1. The molecule has 0 unspecified atom stereocenters. The molecule has 3 rings (SSSR count). The van der Waals surface area contributed by atoms with Crippen LogP contribution in [0.3, 0.4) is 0 Å². The molecule has 0 amide bonds. The highest BCUT2D eigenvalue weighted by molar-refractivity contribution is 5.09. The molecule has 0 saturated carbocycles. The summed E-state index contributed by atoms with van der Waals surface area (Å²) in [7, 11) is 1.61. The Kier molecular flexibility index (Phi) is 5.37. The number of piperidine rings is 1. The third kappa shape index (κ3) is 3.95. The number of likely N-dealkylation sites (tertiary alicyclic amines) is 1. The van der Waals surface area contributed by atoms with E-state index in [1.54, 1.807) is 7.11 Å². The molecule has 1 saturated heterocycles. The van der Waals surface area contributed by atoms with E-state index in [4.69, 9.17) is 14.4 Å². The highest BCUT2D eigenvalue weighted by Crippen LogP contribution is 2.28. The van der Waals surface area contributed by atoms with E-state index in [2.05, 4.69) is 26.2 Å². The molecule has 1 aliphatic rings. The lowest BCUT2D eigenvalue weighted by Crippen LogP contribution is -2.33. The van der Waals surface area contributed by atoms with Gasteiger partial charge in [-0.25, -0.2) is 0 Å². The van der Waals surface area contributed by atoms with Gasteiger partial charge in [-0.2, -0.15) is 10.1 Å². The number of aliphatic hydroxyl groups excluding tert-OH is 1. The molecule has 8 heteroatoms. The number of ether oxygens (including phenoxy) is 1. The second-order valence-electron chi connectivity index (χ2n) is 5.79. The zero-order chi connectivity index (χ0) is 16.1. The molecule has 0 aliphatic carbocycles. The fourth-order valence-corrected chi connectivity index (χ4v) is 3.09. The minimum absolute atomic E-state index is 0.120. The maximum Gasteiger partial charge on any atom is 0.240 e. The average Bonchev–Trinajstić information content (AvgIpc) is 3.19. The first-order valence-corrected chi connectivity index (χ1v) is 7.95. The maximum atomic E-state index is 9.11. The molecule has 2 aromatic heterocycles. The van der Waals surface area contributed by atoms with E-state index in [0.29, 0.717) is 37.3 Å². The molecule has 8 nitrogen and oxygen atoms in total. The van der Waals surface area contributed by atoms with Crippen LogP contribution >= 0.6 is 0 Å². The Hall–Kier alpha value is -1.77. The number of aromatic nitrogens is 4. The highest BCUT2D eigenvalue weighted by Gasteiger charge is 2.24. The van der Waals surface area contributed by atoms with E-state index in [1.165, 1.54) is 5.69 Å². The smallest absolute Gasteiger partial charge is 0.240 e. The first-order chi connectivity index (χ1) is 11.3. The van der Waals surface area contributed by atoms with Crippen LogP contribution in [0.15, 0.2) is 16.8 Å². The molecule has 0 spiro atoms. The van der Waals surface area contributed by atoms with Gasteiger partial charge in [0.1, 0.15) is 6.61 Å². The monoisotopic (exact) mass is 321 g/mol. The SMILES string of the molecule is COCc1noc(CN2CCC(c3ccnn3CCO)CC2)n1. The predicted molar refractivity (Wildman–Crippen MR) is 81.6 cm³/mol. The van der Waals surface area contributed by atoms with Gasteiger partial charge in [-0.1, -0.05) is 5.16 Å². The van der Waals surface area contributed by atoms with Crippen molar-refractivity contribution >= 4 is 0 Å². The van der Waals surface area contributed by atoms with Gasteiger partial charge < -0.3 is 14.4 Å². The average molecular weight is 321 g/mol. The minimum atomic E-state index is 0.120. The third-order valence-corrected chi connectivity index (χ3v) is 4.21. The number of nitrogens with zero attached hydrogens (tertiary/aromatic N) is 5. The van der Waals surface area contributed by atoms with Crippen molar-refractivity contribution in [3.05, 3.63) is 29.7 Å². The number of aliphatic hydroxyl groups is 1. The minimum Gasteiger partial charge on any atom is -0.394 e. The number of rotatable bonds is 7. The number of methoxy groups -OCH3 is 1. The van der Waals surface area contributed by atoms with Crippen molar-refractivity contribution in [1.82, 2.24) is 24.8 Å². The van der Waals surface area contributed by atoms with Crippen molar-refractivity contribution in [3.63, 3.8) is 0 Å². The van der Waals surface area contributed by atoms with Crippen LogP contribution in [0.1, 0.15) is 36.2 Å². The molecule has 2 aromatic rings. The molecule has 0 aromatic carbocycles. The summed E-state index contributed by atoms with van der Waals surface area (Å²) < 4.78 is 12.2. The van der Waals surface area contributed by atoms with Crippen molar-refractivity contribution < 1.29 is 14.4 Å². The molecule has 0 radical (unpaired) electrons. The summed E-state index contributed by atoms with van der Waals surface area (Å²) in [6.07, 6.45) is 3.94. The Balaban J connectivity index is 1.52. The fourth-order valence-electron chi connectivity index (χ4n) is 3.09. The zero-order valence-corrected chi connectivity index (χ0v) is 13.4. The van der Waals surface area contributed by atoms with E-state index in [0.717, 1.165) is 25.9 Å². The van der Waals surface area contributed by atoms with Crippen molar-refractivity contribution in [1.29, 1.82) is 0 Å². The molecule has 23 heavy (non-hydrogen) atoms. The summed E-state index contributed by atoms with van der Waals surface area (Å²) in [6, 6.07) is 2.06. The summed E-state index contributed by atoms with van der Waals surface area (Å²) in [5, 5.41) is 17.3. The predicted octanol–water partition coefficient (Wildman–Crippen LogP) is 0.784. The zero-order valence-electron chi connectivity index (χ0n) is 13.4. The molecule has 126 valence electrons. The van der Waals surface area contributed by atoms with Crippen LogP contribution in [0.5, 0.6) is 0 Å². The van der Waals surface area contributed by atoms with Crippen molar-refractivity contribution in [3.8, 4) is 0 Å². The fraction of sp³-hybridized carbons (Fsp3) is 0.667. The van der Waals surface area contributed by atoms with Gasteiger partial charge in [-0.15, -0.1) is 0 Å². The quantitative estimate of drug-likeness (QED) is 0.806. The van der Waals surface area contributed by atoms with E-state index in [1.807, 2.05) is 10.9 Å². The van der Waals surface area contributed by atoms with E-state index in [-0.39, 0.29) is 6.61 Å². The lowest BCUT2D eigenvalue weighted by Gasteiger charge is -2.31. The number of hydrogen-bond donors (Lipinski definition) is 1. The van der Waals surface area contributed by atoms with Crippen molar-refractivity contribution in [2.24, 2.45) is 0 Å². The molecule has 0 bridgehead atoms. The maximum absolute atomic E-state index is 9.11. The molecule has 0 atom stereocenters. The van der Waals surface area contributed by atoms with Crippen LogP contribution in [0, 0.1) is 0 Å². The molecule has 1 aliphatic heterocycles. The normalized spacial score (nSPS) is 17.0. The second kappa shape index (κ2) is 7.67. The van der Waals surface area contributed by atoms with Crippen LogP contribution < -0.4 is 0 Å². The van der Waals surface area contributed by atoms with Crippen LogP contribution in [0.25, 0.3) is 0 Å². The van der Waals surface area contributed by atoms with Gasteiger partial charge in [0.25, 0.3) is 0 Å². The van der Waals surface area contributed by atoms with Gasteiger partial charge in [0.2, 0.25) is 5.89 Å². The summed E-state index contributed by atoms with van der Waals surface area (Å²) in [4.78, 5) is 6.64. The standard InChI is InChI=1S/C15H23N5O3/c1-22-11-14-17-15(23-18-14)10-19-6-3-12(4-7-19)13-2-5-16-20(13)8-9-21/h2,5,12,21H,3-4,6-11H2,1H3. The largest absolute Gasteiger partial charge is 0.394 e. The Morgan fingerprint density at radius 3 is 2.96 bits per heavy atom. The topological polar surface area (TPSA) is 89.4 Å². The summed E-state index contributed by atoms with van der Waals surface area (Å²) in [5.41, 5.74) is 1.22. The van der Waals surface area contributed by atoms with E-state index < -0.39 is 0 Å².